The zero-order valence-corrected chi connectivity index (χ0v) is 16.8. The molecule has 2 heterocycles. The molecule has 0 atom stereocenters. The largest absolute Gasteiger partial charge is 0.467 e. The van der Waals surface area contributed by atoms with Gasteiger partial charge in [0.2, 0.25) is 11.8 Å². The summed E-state index contributed by atoms with van der Waals surface area (Å²) in [5.41, 5.74) is 3.09. The van der Waals surface area contributed by atoms with Gasteiger partial charge in [-0.2, -0.15) is 4.98 Å². The van der Waals surface area contributed by atoms with Crippen LogP contribution in [-0.2, 0) is 24.2 Å². The van der Waals surface area contributed by atoms with Gasteiger partial charge in [0, 0.05) is 24.9 Å². The van der Waals surface area contributed by atoms with Gasteiger partial charge in [-0.3, -0.25) is 4.79 Å². The van der Waals surface area contributed by atoms with Crippen molar-refractivity contribution in [2.24, 2.45) is 0 Å². The van der Waals surface area contributed by atoms with Gasteiger partial charge in [0.1, 0.15) is 5.76 Å². The number of anilines is 1. The molecular weight excluding hydrogens is 378 g/mol. The number of nitrogens with zero attached hydrogens (tertiary/aromatic N) is 3. The predicted molar refractivity (Wildman–Crippen MR) is 113 cm³/mol. The number of benzene rings is 2. The van der Waals surface area contributed by atoms with Crippen LogP contribution in [0.25, 0.3) is 0 Å². The van der Waals surface area contributed by atoms with E-state index in [1.165, 1.54) is 0 Å². The van der Waals surface area contributed by atoms with Crippen molar-refractivity contribution in [1.82, 2.24) is 10.1 Å². The lowest BCUT2D eigenvalue weighted by molar-refractivity contribution is -0.118. The number of amides is 1. The van der Waals surface area contributed by atoms with Gasteiger partial charge in [0.25, 0.3) is 0 Å². The number of hydrogen-bond acceptors (Lipinski definition) is 5. The molecule has 0 fully saturated rings. The van der Waals surface area contributed by atoms with E-state index in [0.717, 1.165) is 22.6 Å². The van der Waals surface area contributed by atoms with E-state index < -0.39 is 0 Å². The van der Waals surface area contributed by atoms with Gasteiger partial charge in [-0.15, -0.1) is 0 Å². The summed E-state index contributed by atoms with van der Waals surface area (Å²) in [5.74, 6) is 1.79. The van der Waals surface area contributed by atoms with Crippen molar-refractivity contribution in [1.29, 1.82) is 0 Å². The lowest BCUT2D eigenvalue weighted by Crippen LogP contribution is -2.30. The highest BCUT2D eigenvalue weighted by Crippen LogP contribution is 2.20. The fourth-order valence-corrected chi connectivity index (χ4v) is 3.20. The van der Waals surface area contributed by atoms with Crippen LogP contribution in [0.3, 0.4) is 0 Å². The Morgan fingerprint density at radius 1 is 1.00 bits per heavy atom. The van der Waals surface area contributed by atoms with Gasteiger partial charge in [0.05, 0.1) is 12.8 Å². The Kier molecular flexibility index (Phi) is 6.03. The molecule has 2 aromatic heterocycles. The molecule has 2 aromatic carbocycles. The Labute approximate surface area is 175 Å². The Morgan fingerprint density at radius 2 is 1.80 bits per heavy atom. The fraction of sp³-hybridized carbons (Fsp3) is 0.208. The van der Waals surface area contributed by atoms with Crippen molar-refractivity contribution >= 4 is 11.6 Å². The first-order valence-corrected chi connectivity index (χ1v) is 9.92. The van der Waals surface area contributed by atoms with Crippen LogP contribution in [0.1, 0.15) is 35.0 Å². The number of rotatable bonds is 8. The van der Waals surface area contributed by atoms with Crippen molar-refractivity contribution in [2.75, 3.05) is 4.90 Å². The zero-order valence-electron chi connectivity index (χ0n) is 16.8. The smallest absolute Gasteiger partial charge is 0.227 e. The van der Waals surface area contributed by atoms with Gasteiger partial charge in [-0.1, -0.05) is 53.2 Å². The summed E-state index contributed by atoms with van der Waals surface area (Å²) in [5, 5.41) is 4.04. The molecule has 30 heavy (non-hydrogen) atoms. The first kappa shape index (κ1) is 19.6. The molecule has 4 aromatic rings. The minimum atomic E-state index is -0.0296. The Balaban J connectivity index is 1.41. The van der Waals surface area contributed by atoms with Crippen molar-refractivity contribution in [3.8, 4) is 0 Å². The van der Waals surface area contributed by atoms with E-state index in [-0.39, 0.29) is 12.3 Å². The minimum Gasteiger partial charge on any atom is -0.467 e. The molecule has 0 saturated heterocycles. The highest BCUT2D eigenvalue weighted by Gasteiger charge is 2.19. The van der Waals surface area contributed by atoms with E-state index in [1.807, 2.05) is 73.7 Å². The van der Waals surface area contributed by atoms with E-state index in [9.17, 15) is 4.79 Å². The molecule has 152 valence electrons. The van der Waals surface area contributed by atoms with Crippen LogP contribution in [0.2, 0.25) is 0 Å². The van der Waals surface area contributed by atoms with Crippen LogP contribution in [0.5, 0.6) is 0 Å². The normalized spacial score (nSPS) is 10.8. The van der Waals surface area contributed by atoms with Crippen LogP contribution in [-0.4, -0.2) is 16.0 Å². The molecule has 1 amide bonds. The summed E-state index contributed by atoms with van der Waals surface area (Å²) in [6.07, 6.45) is 2.87. The first-order chi connectivity index (χ1) is 14.7. The van der Waals surface area contributed by atoms with Crippen molar-refractivity contribution in [3.05, 3.63) is 102 Å². The van der Waals surface area contributed by atoms with E-state index in [2.05, 4.69) is 10.1 Å². The molecule has 0 aliphatic carbocycles. The number of hydrogen-bond donors (Lipinski definition) is 0. The molecule has 6 heteroatoms. The van der Waals surface area contributed by atoms with E-state index in [4.69, 9.17) is 8.94 Å². The number of aryl methyl sites for hydroxylation is 2. The number of aromatic nitrogens is 2. The van der Waals surface area contributed by atoms with Crippen LogP contribution < -0.4 is 4.90 Å². The van der Waals surface area contributed by atoms with Gasteiger partial charge in [-0.05, 0) is 36.8 Å². The highest BCUT2D eigenvalue weighted by molar-refractivity contribution is 5.93. The number of carbonyl (C=O) groups excluding carboxylic acids is 1. The minimum absolute atomic E-state index is 0.0296. The highest BCUT2D eigenvalue weighted by atomic mass is 16.5. The quantitative estimate of drug-likeness (QED) is 0.427. The second kappa shape index (κ2) is 9.22. The van der Waals surface area contributed by atoms with Crippen LogP contribution in [0, 0.1) is 6.92 Å². The fourth-order valence-electron chi connectivity index (χ4n) is 3.20. The molecule has 6 nitrogen and oxygen atoms in total. The van der Waals surface area contributed by atoms with Crippen molar-refractivity contribution in [2.45, 2.75) is 32.7 Å². The van der Waals surface area contributed by atoms with Crippen molar-refractivity contribution in [3.63, 3.8) is 0 Å². The van der Waals surface area contributed by atoms with E-state index in [0.29, 0.717) is 31.1 Å². The first-order valence-electron chi connectivity index (χ1n) is 9.92. The maximum Gasteiger partial charge on any atom is 0.227 e. The van der Waals surface area contributed by atoms with Gasteiger partial charge >= 0.3 is 0 Å². The summed E-state index contributed by atoms with van der Waals surface area (Å²) in [6.45, 7) is 2.39. The third-order valence-electron chi connectivity index (χ3n) is 4.81. The van der Waals surface area contributed by atoms with Gasteiger partial charge < -0.3 is 13.8 Å². The summed E-state index contributed by atoms with van der Waals surface area (Å²) < 4.78 is 10.8. The second-order valence-corrected chi connectivity index (χ2v) is 7.16. The predicted octanol–water partition coefficient (Wildman–Crippen LogP) is 4.73. The lowest BCUT2D eigenvalue weighted by atomic mass is 10.1. The summed E-state index contributed by atoms with van der Waals surface area (Å²) in [7, 11) is 0. The molecule has 0 aliphatic rings. The zero-order chi connectivity index (χ0) is 20.8. The standard InChI is InChI=1S/C24H23N3O3/c1-18-9-11-20(12-10-18)27(17-21-8-5-15-29-21)24(28)14-13-23-25-22(26-30-23)16-19-6-3-2-4-7-19/h2-12,15H,13-14,16-17H2,1H3. The van der Waals surface area contributed by atoms with Gasteiger partial charge in [0.15, 0.2) is 5.82 Å². The molecule has 0 aliphatic heterocycles. The molecule has 0 radical (unpaired) electrons. The van der Waals surface area contributed by atoms with E-state index in [1.54, 1.807) is 11.2 Å². The maximum absolute atomic E-state index is 13.0. The molecule has 0 unspecified atom stereocenters. The van der Waals surface area contributed by atoms with Crippen LogP contribution in [0.4, 0.5) is 5.69 Å². The average Bonchev–Trinajstić information content (AvgIpc) is 3.44. The molecule has 0 saturated carbocycles. The van der Waals surface area contributed by atoms with Crippen LogP contribution >= 0.6 is 0 Å². The Morgan fingerprint density at radius 3 is 2.53 bits per heavy atom. The number of furan rings is 1. The summed E-state index contributed by atoms with van der Waals surface area (Å²) in [6, 6.07) is 21.5. The molecule has 0 bridgehead atoms. The summed E-state index contributed by atoms with van der Waals surface area (Å²) >= 11 is 0. The third-order valence-corrected chi connectivity index (χ3v) is 4.81. The molecule has 4 rings (SSSR count). The second-order valence-electron chi connectivity index (χ2n) is 7.16. The van der Waals surface area contributed by atoms with Gasteiger partial charge in [-0.25, -0.2) is 0 Å². The maximum atomic E-state index is 13.0. The SMILES string of the molecule is Cc1ccc(N(Cc2ccco2)C(=O)CCc2nc(Cc3ccccc3)no2)cc1. The Hall–Kier alpha value is -3.67. The third kappa shape index (κ3) is 5.03. The topological polar surface area (TPSA) is 72.4 Å². The van der Waals surface area contributed by atoms with E-state index >= 15 is 0 Å². The Bertz CT molecular complexity index is 1070. The van der Waals surface area contributed by atoms with Crippen molar-refractivity contribution < 1.29 is 13.7 Å². The number of carbonyl (C=O) groups is 1. The molecule has 0 N–H and O–H groups in total. The monoisotopic (exact) mass is 401 g/mol. The van der Waals surface area contributed by atoms with Crippen LogP contribution in [0.15, 0.2) is 81.9 Å². The average molecular weight is 401 g/mol. The molecular formula is C24H23N3O3. The molecule has 0 spiro atoms. The summed E-state index contributed by atoms with van der Waals surface area (Å²) in [4.78, 5) is 19.2. The lowest BCUT2D eigenvalue weighted by Gasteiger charge is -2.22.